The number of piperidine rings is 1. The number of benzene rings is 1. The molecule has 0 aliphatic carbocycles. The van der Waals surface area contributed by atoms with Crippen molar-refractivity contribution in [3.8, 4) is 0 Å². The Morgan fingerprint density at radius 1 is 0.972 bits per heavy atom. The van der Waals surface area contributed by atoms with Crippen LogP contribution in [-0.2, 0) is 25.7 Å². The van der Waals surface area contributed by atoms with Gasteiger partial charge in [-0.05, 0) is 18.4 Å². The SMILES string of the molecule is O=C(OCc1ccccc1)[C@@H]1COC(=O)N1C1CCN(C(=O)CCC(F)(C(F)(F)F)C(F)(F)F)CC1. The van der Waals surface area contributed by atoms with Gasteiger partial charge in [0, 0.05) is 32.0 Å². The highest BCUT2D eigenvalue weighted by molar-refractivity contribution is 5.84. The first-order valence-corrected chi connectivity index (χ1v) is 11.0. The third-order valence-electron chi connectivity index (χ3n) is 6.20. The van der Waals surface area contributed by atoms with E-state index in [1.807, 2.05) is 0 Å². The molecule has 0 bridgehead atoms. The molecule has 0 aromatic heterocycles. The number of carbonyl (C=O) groups excluding carboxylic acids is 3. The number of cyclic esters (lactones) is 1. The molecule has 2 saturated heterocycles. The zero-order chi connectivity index (χ0) is 26.7. The first-order chi connectivity index (χ1) is 16.7. The average Bonchev–Trinajstić information content (AvgIpc) is 3.21. The van der Waals surface area contributed by atoms with Gasteiger partial charge in [0.15, 0.2) is 6.04 Å². The van der Waals surface area contributed by atoms with Gasteiger partial charge in [0.1, 0.15) is 13.2 Å². The van der Waals surface area contributed by atoms with Crippen LogP contribution in [0.2, 0.25) is 0 Å². The van der Waals surface area contributed by atoms with Gasteiger partial charge in [-0.15, -0.1) is 0 Å². The van der Waals surface area contributed by atoms with Gasteiger partial charge in [0.2, 0.25) is 5.91 Å². The Hall–Kier alpha value is -3.06. The second-order valence-corrected chi connectivity index (χ2v) is 8.50. The number of hydrogen-bond acceptors (Lipinski definition) is 5. The summed E-state index contributed by atoms with van der Waals surface area (Å²) in [6, 6.07) is 7.16. The molecule has 0 spiro atoms. The van der Waals surface area contributed by atoms with Crippen LogP contribution in [0.3, 0.4) is 0 Å². The highest BCUT2D eigenvalue weighted by Crippen LogP contribution is 2.49. The van der Waals surface area contributed by atoms with Gasteiger partial charge in [-0.3, -0.25) is 9.69 Å². The van der Waals surface area contributed by atoms with Gasteiger partial charge in [-0.2, -0.15) is 26.3 Å². The van der Waals surface area contributed by atoms with E-state index in [-0.39, 0.29) is 39.1 Å². The minimum Gasteiger partial charge on any atom is -0.459 e. The number of ether oxygens (including phenoxy) is 2. The van der Waals surface area contributed by atoms with Crippen LogP contribution < -0.4 is 0 Å². The molecule has 2 heterocycles. The monoisotopic (exact) mass is 528 g/mol. The number of likely N-dealkylation sites (tertiary alicyclic amines) is 1. The Labute approximate surface area is 201 Å². The number of nitrogens with zero attached hydrogens (tertiary/aromatic N) is 2. The standard InChI is InChI=1S/C22H23F7N2O5/c23-20(21(24,25)26,22(27,28)29)9-6-17(32)30-10-7-15(8-11-30)31-16(13-36-19(31)34)18(33)35-12-14-4-2-1-3-5-14/h1-5,15-16H,6-13H2/t16-/m0/s1. The third kappa shape index (κ3) is 5.84. The van der Waals surface area contributed by atoms with Crippen LogP contribution in [0.25, 0.3) is 0 Å². The molecule has 0 unspecified atom stereocenters. The van der Waals surface area contributed by atoms with Gasteiger partial charge < -0.3 is 14.4 Å². The topological polar surface area (TPSA) is 76.2 Å². The van der Waals surface area contributed by atoms with Crippen LogP contribution in [0.15, 0.2) is 30.3 Å². The minimum atomic E-state index is -6.22. The zero-order valence-electron chi connectivity index (χ0n) is 18.8. The summed E-state index contributed by atoms with van der Waals surface area (Å²) in [4.78, 5) is 39.2. The van der Waals surface area contributed by atoms with Crippen LogP contribution in [0.5, 0.6) is 0 Å². The van der Waals surface area contributed by atoms with Gasteiger partial charge in [0.25, 0.3) is 5.67 Å². The molecule has 0 saturated carbocycles. The molecular formula is C22H23F7N2O5. The summed E-state index contributed by atoms with van der Waals surface area (Å²) in [5.41, 5.74) is -4.77. The van der Waals surface area contributed by atoms with E-state index in [4.69, 9.17) is 9.47 Å². The minimum absolute atomic E-state index is 0.0307. The summed E-state index contributed by atoms with van der Waals surface area (Å²) >= 11 is 0. The number of halogens is 7. The number of hydrogen-bond donors (Lipinski definition) is 0. The molecule has 2 amide bonds. The van der Waals surface area contributed by atoms with E-state index in [1.165, 1.54) is 4.90 Å². The molecule has 7 nitrogen and oxygen atoms in total. The lowest BCUT2D eigenvalue weighted by molar-refractivity contribution is -0.343. The van der Waals surface area contributed by atoms with Crippen molar-refractivity contribution >= 4 is 18.0 Å². The fourth-order valence-corrected chi connectivity index (χ4v) is 4.12. The quantitative estimate of drug-likeness (QED) is 0.393. The lowest BCUT2D eigenvalue weighted by Gasteiger charge is -2.37. The Kier molecular flexibility index (Phi) is 8.04. The summed E-state index contributed by atoms with van der Waals surface area (Å²) in [7, 11) is 0. The number of rotatable bonds is 7. The van der Waals surface area contributed by atoms with Crippen LogP contribution >= 0.6 is 0 Å². The lowest BCUT2D eigenvalue weighted by Crippen LogP contribution is -2.54. The van der Waals surface area contributed by atoms with Crippen molar-refractivity contribution in [2.45, 2.75) is 62.4 Å². The lowest BCUT2D eigenvalue weighted by atomic mass is 9.96. The largest absolute Gasteiger partial charge is 0.459 e. The van der Waals surface area contributed by atoms with Crippen molar-refractivity contribution in [2.24, 2.45) is 0 Å². The third-order valence-corrected chi connectivity index (χ3v) is 6.20. The summed E-state index contributed by atoms with van der Waals surface area (Å²) in [5, 5.41) is 0. The Balaban J connectivity index is 1.55. The number of carbonyl (C=O) groups is 3. The number of amides is 2. The summed E-state index contributed by atoms with van der Waals surface area (Å²) in [6.07, 6.45) is -16.4. The van der Waals surface area contributed by atoms with E-state index >= 15 is 0 Å². The second-order valence-electron chi connectivity index (χ2n) is 8.50. The Morgan fingerprint density at radius 2 is 1.56 bits per heavy atom. The van der Waals surface area contributed by atoms with Gasteiger partial charge in [-0.1, -0.05) is 30.3 Å². The van der Waals surface area contributed by atoms with Crippen molar-refractivity contribution in [1.29, 1.82) is 0 Å². The van der Waals surface area contributed by atoms with Crippen LogP contribution in [0, 0.1) is 0 Å². The van der Waals surface area contributed by atoms with E-state index in [2.05, 4.69) is 0 Å². The predicted octanol–water partition coefficient (Wildman–Crippen LogP) is 4.15. The molecule has 2 aliphatic heterocycles. The molecule has 36 heavy (non-hydrogen) atoms. The molecule has 0 N–H and O–H groups in total. The van der Waals surface area contributed by atoms with E-state index in [1.54, 1.807) is 30.3 Å². The van der Waals surface area contributed by atoms with Crippen molar-refractivity contribution in [3.63, 3.8) is 0 Å². The zero-order valence-corrected chi connectivity index (χ0v) is 18.8. The van der Waals surface area contributed by atoms with E-state index in [0.29, 0.717) is 0 Å². The van der Waals surface area contributed by atoms with E-state index < -0.39 is 60.9 Å². The molecule has 0 radical (unpaired) electrons. The molecule has 3 rings (SSSR count). The van der Waals surface area contributed by atoms with Crippen molar-refractivity contribution in [2.75, 3.05) is 19.7 Å². The number of alkyl halides is 7. The fraction of sp³-hybridized carbons (Fsp3) is 0.591. The summed E-state index contributed by atoms with van der Waals surface area (Å²) in [6.45, 7) is -0.511. The molecule has 2 aliphatic rings. The Morgan fingerprint density at radius 3 is 2.11 bits per heavy atom. The normalized spacial score (nSPS) is 19.9. The molecule has 2 fully saturated rings. The van der Waals surface area contributed by atoms with Crippen molar-refractivity contribution in [1.82, 2.24) is 9.80 Å². The highest BCUT2D eigenvalue weighted by atomic mass is 19.4. The van der Waals surface area contributed by atoms with Gasteiger partial charge in [0.05, 0.1) is 0 Å². The van der Waals surface area contributed by atoms with Crippen molar-refractivity contribution in [3.05, 3.63) is 35.9 Å². The van der Waals surface area contributed by atoms with Crippen molar-refractivity contribution < 1.29 is 54.6 Å². The maximum atomic E-state index is 13.8. The molecule has 14 heteroatoms. The van der Waals surface area contributed by atoms with Crippen LogP contribution in [-0.4, -0.2) is 77.6 Å². The molecule has 1 aromatic carbocycles. The summed E-state index contributed by atoms with van der Waals surface area (Å²) < 4.78 is 100. The Bertz CT molecular complexity index is 932. The maximum Gasteiger partial charge on any atom is 0.431 e. The maximum absolute atomic E-state index is 13.8. The first-order valence-electron chi connectivity index (χ1n) is 11.0. The predicted molar refractivity (Wildman–Crippen MR) is 108 cm³/mol. The second kappa shape index (κ2) is 10.5. The number of esters is 1. The van der Waals surface area contributed by atoms with Crippen LogP contribution in [0.1, 0.15) is 31.2 Å². The highest BCUT2D eigenvalue weighted by Gasteiger charge is 2.72. The van der Waals surface area contributed by atoms with Gasteiger partial charge >= 0.3 is 24.4 Å². The van der Waals surface area contributed by atoms with E-state index in [9.17, 15) is 45.1 Å². The van der Waals surface area contributed by atoms with Crippen LogP contribution in [0.4, 0.5) is 35.5 Å². The van der Waals surface area contributed by atoms with E-state index in [0.717, 1.165) is 10.5 Å². The molecular weight excluding hydrogens is 505 g/mol. The fourth-order valence-electron chi connectivity index (χ4n) is 4.12. The smallest absolute Gasteiger partial charge is 0.431 e. The molecule has 1 aromatic rings. The van der Waals surface area contributed by atoms with Gasteiger partial charge in [-0.25, -0.2) is 14.0 Å². The first kappa shape index (κ1) is 27.5. The summed E-state index contributed by atoms with van der Waals surface area (Å²) in [5.74, 6) is -1.78. The molecule has 1 atom stereocenters. The molecule has 200 valence electrons. The average molecular weight is 528 g/mol.